The van der Waals surface area contributed by atoms with Crippen LogP contribution >= 0.6 is 35.3 Å². The molecule has 1 aliphatic rings. The third-order valence-corrected chi connectivity index (χ3v) is 6.46. The van der Waals surface area contributed by atoms with Crippen molar-refractivity contribution in [2.45, 2.75) is 32.4 Å². The number of hydrogen-bond donors (Lipinski definition) is 3. The molecule has 3 aromatic rings. The summed E-state index contributed by atoms with van der Waals surface area (Å²) in [6.45, 7) is 5.94. The van der Waals surface area contributed by atoms with Crippen molar-refractivity contribution in [1.29, 1.82) is 0 Å². The van der Waals surface area contributed by atoms with Crippen LogP contribution in [0.2, 0.25) is 0 Å². The molecule has 0 saturated carbocycles. The normalized spacial score (nSPS) is 15.0. The van der Waals surface area contributed by atoms with Crippen LogP contribution in [0.25, 0.3) is 10.1 Å². The highest BCUT2D eigenvalue weighted by atomic mass is 127. The second-order valence-electron chi connectivity index (χ2n) is 7.50. The van der Waals surface area contributed by atoms with Crippen LogP contribution in [0.3, 0.4) is 0 Å². The number of benzene rings is 1. The van der Waals surface area contributed by atoms with Crippen LogP contribution in [0.15, 0.2) is 53.7 Å². The molecule has 31 heavy (non-hydrogen) atoms. The molecule has 0 bridgehead atoms. The number of aliphatic imine (C=N–C) groups is 1. The zero-order valence-electron chi connectivity index (χ0n) is 17.8. The van der Waals surface area contributed by atoms with Crippen LogP contribution in [0.4, 0.5) is 5.82 Å². The first-order chi connectivity index (χ1) is 14.7. The Hall–Kier alpha value is -1.91. The highest BCUT2D eigenvalue weighted by Crippen LogP contribution is 2.29. The Morgan fingerprint density at radius 2 is 2.00 bits per heavy atom. The first-order valence-corrected chi connectivity index (χ1v) is 11.4. The number of aliphatic hydroxyl groups excluding tert-OH is 1. The molecule has 0 radical (unpaired) electrons. The summed E-state index contributed by atoms with van der Waals surface area (Å²) in [5.41, 5.74) is 1.07. The number of aliphatic hydroxyl groups is 1. The number of hydrogen-bond acceptors (Lipinski definition) is 5. The van der Waals surface area contributed by atoms with Gasteiger partial charge in [0.1, 0.15) is 11.9 Å². The van der Waals surface area contributed by atoms with E-state index in [1.807, 2.05) is 25.3 Å². The number of guanidine groups is 1. The molecule has 3 N–H and O–H groups in total. The second-order valence-corrected chi connectivity index (χ2v) is 8.61. The van der Waals surface area contributed by atoms with E-state index in [1.54, 1.807) is 11.3 Å². The van der Waals surface area contributed by atoms with E-state index in [-0.39, 0.29) is 24.0 Å². The largest absolute Gasteiger partial charge is 0.386 e. The Morgan fingerprint density at radius 3 is 2.71 bits per heavy atom. The van der Waals surface area contributed by atoms with Crippen molar-refractivity contribution in [3.63, 3.8) is 0 Å². The first-order valence-electron chi connectivity index (χ1n) is 10.6. The number of rotatable bonds is 7. The molecule has 1 fully saturated rings. The third-order valence-electron chi connectivity index (χ3n) is 5.24. The fourth-order valence-electron chi connectivity index (χ4n) is 3.62. The van der Waals surface area contributed by atoms with E-state index < -0.39 is 6.10 Å². The van der Waals surface area contributed by atoms with Crippen molar-refractivity contribution in [3.05, 3.63) is 59.1 Å². The number of nitrogens with one attached hydrogen (secondary N) is 2. The zero-order chi connectivity index (χ0) is 20.8. The highest BCUT2D eigenvalue weighted by molar-refractivity contribution is 14.0. The summed E-state index contributed by atoms with van der Waals surface area (Å²) in [6.07, 6.45) is 3.83. The number of nitrogens with zero attached hydrogens (tertiary/aromatic N) is 3. The van der Waals surface area contributed by atoms with Crippen molar-refractivity contribution >= 4 is 57.2 Å². The van der Waals surface area contributed by atoms with Gasteiger partial charge in [0, 0.05) is 42.0 Å². The number of fused-ring (bicyclic) bond motifs is 1. The molecule has 1 unspecified atom stereocenters. The fourth-order valence-corrected chi connectivity index (χ4v) is 4.67. The Morgan fingerprint density at radius 1 is 1.19 bits per heavy atom. The minimum Gasteiger partial charge on any atom is -0.386 e. The minimum absolute atomic E-state index is 0. The number of halogens is 1. The van der Waals surface area contributed by atoms with Crippen LogP contribution < -0.4 is 15.5 Å². The maximum Gasteiger partial charge on any atom is 0.191 e. The van der Waals surface area contributed by atoms with Gasteiger partial charge in [0.25, 0.3) is 0 Å². The standard InChI is InChI=1S/C23H29N5OS.HI/c1-2-24-23(26-15-17-9-10-22(25-14-17)28-11-5-6-12-28)27-16-19(29)21-13-18-7-3-4-8-20(18)30-21;/h3-4,7-10,13-14,19,29H,2,5-6,11-12,15-16H2,1H3,(H2,24,26,27);1H. The lowest BCUT2D eigenvalue weighted by Gasteiger charge is -2.16. The molecule has 1 aliphatic heterocycles. The molecule has 0 aliphatic carbocycles. The van der Waals surface area contributed by atoms with Crippen LogP contribution in [-0.4, -0.2) is 42.2 Å². The summed E-state index contributed by atoms with van der Waals surface area (Å²) < 4.78 is 1.19. The van der Waals surface area contributed by atoms with Gasteiger partial charge >= 0.3 is 0 Å². The first kappa shape index (κ1) is 23.7. The molecule has 0 amide bonds. The van der Waals surface area contributed by atoms with Gasteiger partial charge in [-0.2, -0.15) is 0 Å². The van der Waals surface area contributed by atoms with Crippen molar-refractivity contribution < 1.29 is 5.11 Å². The highest BCUT2D eigenvalue weighted by Gasteiger charge is 2.14. The molecule has 1 saturated heterocycles. The monoisotopic (exact) mass is 551 g/mol. The summed E-state index contributed by atoms with van der Waals surface area (Å²) >= 11 is 1.63. The second kappa shape index (κ2) is 11.6. The van der Waals surface area contributed by atoms with Crippen molar-refractivity contribution in [3.8, 4) is 0 Å². The van der Waals surface area contributed by atoms with Gasteiger partial charge in [0.2, 0.25) is 0 Å². The average Bonchev–Trinajstić information content (AvgIpc) is 3.46. The molecule has 0 spiro atoms. The Bertz CT molecular complexity index is 952. The molecular formula is C23H30IN5OS. The lowest BCUT2D eigenvalue weighted by atomic mass is 10.2. The molecule has 8 heteroatoms. The minimum atomic E-state index is -0.576. The van der Waals surface area contributed by atoms with Crippen LogP contribution in [0, 0.1) is 0 Å². The van der Waals surface area contributed by atoms with Gasteiger partial charge in [-0.25, -0.2) is 9.98 Å². The van der Waals surface area contributed by atoms with Crippen LogP contribution in [0.1, 0.15) is 36.3 Å². The van der Waals surface area contributed by atoms with E-state index in [2.05, 4.69) is 55.8 Å². The molecule has 4 rings (SSSR count). The molecule has 3 heterocycles. The Balaban J connectivity index is 0.00000272. The lowest BCUT2D eigenvalue weighted by molar-refractivity contribution is 0.184. The molecule has 1 atom stereocenters. The van der Waals surface area contributed by atoms with Gasteiger partial charge in [-0.1, -0.05) is 24.3 Å². The van der Waals surface area contributed by atoms with Crippen molar-refractivity contribution in [2.75, 3.05) is 31.1 Å². The van der Waals surface area contributed by atoms with Gasteiger partial charge in [-0.15, -0.1) is 35.3 Å². The number of thiophene rings is 1. The predicted molar refractivity (Wildman–Crippen MR) is 141 cm³/mol. The molecule has 1 aromatic carbocycles. The number of aromatic nitrogens is 1. The summed E-state index contributed by atoms with van der Waals surface area (Å²) in [7, 11) is 0. The van der Waals surface area contributed by atoms with Gasteiger partial charge in [0.15, 0.2) is 5.96 Å². The summed E-state index contributed by atoms with van der Waals surface area (Å²) in [5.74, 6) is 1.75. The van der Waals surface area contributed by atoms with E-state index in [0.29, 0.717) is 19.0 Å². The van der Waals surface area contributed by atoms with E-state index in [1.165, 1.54) is 22.9 Å². The van der Waals surface area contributed by atoms with E-state index in [4.69, 9.17) is 0 Å². The quantitative estimate of drug-likeness (QED) is 0.232. The van der Waals surface area contributed by atoms with E-state index in [9.17, 15) is 5.11 Å². The lowest BCUT2D eigenvalue weighted by Crippen LogP contribution is -2.39. The SMILES string of the molecule is CCNC(=NCc1ccc(N2CCCC2)nc1)NCC(O)c1cc2ccccc2s1.I. The van der Waals surface area contributed by atoms with E-state index >= 15 is 0 Å². The topological polar surface area (TPSA) is 72.8 Å². The maximum atomic E-state index is 10.6. The van der Waals surface area contributed by atoms with Gasteiger partial charge in [-0.3, -0.25) is 0 Å². The smallest absolute Gasteiger partial charge is 0.191 e. The maximum absolute atomic E-state index is 10.6. The summed E-state index contributed by atoms with van der Waals surface area (Å²) in [5, 5.41) is 18.3. The van der Waals surface area contributed by atoms with Crippen LogP contribution in [-0.2, 0) is 6.54 Å². The molecule has 6 nitrogen and oxygen atoms in total. The van der Waals surface area contributed by atoms with Gasteiger partial charge in [0.05, 0.1) is 6.54 Å². The number of anilines is 1. The molecular weight excluding hydrogens is 521 g/mol. The van der Waals surface area contributed by atoms with Crippen LogP contribution in [0.5, 0.6) is 0 Å². The summed E-state index contributed by atoms with van der Waals surface area (Å²) in [4.78, 5) is 12.5. The van der Waals surface area contributed by atoms with E-state index in [0.717, 1.165) is 35.9 Å². The molecule has 2 aromatic heterocycles. The fraction of sp³-hybridized carbons (Fsp3) is 0.391. The third kappa shape index (κ3) is 6.30. The molecule has 166 valence electrons. The zero-order valence-corrected chi connectivity index (χ0v) is 20.9. The average molecular weight is 551 g/mol. The Kier molecular flexibility index (Phi) is 8.91. The number of pyridine rings is 1. The van der Waals surface area contributed by atoms with Crippen molar-refractivity contribution in [2.24, 2.45) is 4.99 Å². The van der Waals surface area contributed by atoms with Crippen molar-refractivity contribution in [1.82, 2.24) is 15.6 Å². The van der Waals surface area contributed by atoms with Gasteiger partial charge < -0.3 is 20.6 Å². The Labute approximate surface area is 204 Å². The summed E-state index contributed by atoms with van der Waals surface area (Å²) in [6, 6.07) is 14.4. The predicted octanol–water partition coefficient (Wildman–Crippen LogP) is 4.30. The van der Waals surface area contributed by atoms with Gasteiger partial charge in [-0.05, 0) is 48.9 Å².